The number of benzene rings is 5. The summed E-state index contributed by atoms with van der Waals surface area (Å²) in [5.41, 5.74) is 3.64. The van der Waals surface area contributed by atoms with Gasteiger partial charge in [0, 0.05) is 5.56 Å². The minimum Gasteiger partial charge on any atom is -0.488 e. The van der Waals surface area contributed by atoms with Crippen LogP contribution in [0.5, 0.6) is 5.75 Å². The van der Waals surface area contributed by atoms with Crippen molar-refractivity contribution >= 4 is 39.7 Å². The molecule has 0 bridgehead atoms. The first-order valence-electron chi connectivity index (χ1n) is 13.4. The lowest BCUT2D eigenvalue weighted by Crippen LogP contribution is -2.28. The van der Waals surface area contributed by atoms with Gasteiger partial charge in [-0.05, 0) is 63.5 Å². The third kappa shape index (κ3) is 6.23. The average Bonchev–Trinajstić information content (AvgIpc) is 3.30. The summed E-state index contributed by atoms with van der Waals surface area (Å²) in [6.45, 7) is 1.11. The van der Waals surface area contributed by atoms with Gasteiger partial charge >= 0.3 is 0 Å². The van der Waals surface area contributed by atoms with E-state index in [-0.39, 0.29) is 18.3 Å². The van der Waals surface area contributed by atoms with Gasteiger partial charge in [-0.15, -0.1) is 0 Å². The summed E-state index contributed by atoms with van der Waals surface area (Å²) in [6, 6.07) is 38.2. The van der Waals surface area contributed by atoms with Crippen LogP contribution >= 0.6 is 11.8 Å². The van der Waals surface area contributed by atoms with E-state index in [0.717, 1.165) is 33.0 Å². The molecule has 6 rings (SSSR count). The predicted molar refractivity (Wildman–Crippen MR) is 165 cm³/mol. The number of carbonyl (C=O) groups excluding carboxylic acids is 1. The quantitative estimate of drug-likeness (QED) is 0.180. The zero-order chi connectivity index (χ0) is 28.0. The molecule has 4 nitrogen and oxygen atoms in total. The van der Waals surface area contributed by atoms with Crippen molar-refractivity contribution in [2.75, 3.05) is 0 Å². The zero-order valence-electron chi connectivity index (χ0n) is 22.2. The number of amides is 1. The van der Waals surface area contributed by atoms with Crippen LogP contribution in [0.25, 0.3) is 16.8 Å². The predicted octanol–water partition coefficient (Wildman–Crippen LogP) is 8.23. The van der Waals surface area contributed by atoms with E-state index in [1.165, 1.54) is 23.9 Å². The fraction of sp³-hybridized carbons (Fsp3) is 0.0857. The molecule has 0 atom stereocenters. The Hall–Kier alpha value is -4.68. The number of hydrogen-bond acceptors (Lipinski definition) is 4. The fourth-order valence-electron chi connectivity index (χ4n) is 4.74. The molecule has 0 radical (unpaired) electrons. The van der Waals surface area contributed by atoms with E-state index >= 15 is 0 Å². The summed E-state index contributed by atoms with van der Waals surface area (Å²) in [6.07, 6.45) is 1.90. The van der Waals surface area contributed by atoms with E-state index < -0.39 is 0 Å². The van der Waals surface area contributed by atoms with E-state index in [4.69, 9.17) is 9.73 Å². The third-order valence-electron chi connectivity index (χ3n) is 6.80. The largest absolute Gasteiger partial charge is 0.488 e. The maximum atomic E-state index is 13.9. The number of amidine groups is 1. The Bertz CT molecular complexity index is 1750. The maximum absolute atomic E-state index is 13.9. The molecule has 41 heavy (non-hydrogen) atoms. The molecular formula is C35H27FN2O2S. The highest BCUT2D eigenvalue weighted by atomic mass is 32.2. The average molecular weight is 559 g/mol. The second-order valence-electron chi connectivity index (χ2n) is 9.69. The van der Waals surface area contributed by atoms with Crippen molar-refractivity contribution in [3.8, 4) is 5.75 Å². The molecule has 6 heteroatoms. The van der Waals surface area contributed by atoms with Crippen molar-refractivity contribution in [2.45, 2.75) is 19.7 Å². The zero-order valence-corrected chi connectivity index (χ0v) is 23.1. The topological polar surface area (TPSA) is 41.9 Å². The van der Waals surface area contributed by atoms with Crippen LogP contribution in [-0.4, -0.2) is 16.0 Å². The standard InChI is InChI=1S/C35H27FN2O2S/c36-29-16-9-14-27(20-29)24-40-32-19-18-28-15-7-8-17-30(28)31(32)21-33-34(39)38(23-26-12-5-2-6-13-26)35(41-33)37-22-25-10-3-1-4-11-25/h1-21H,22-24H2/b33-21+,37-35?. The normalized spacial score (nSPS) is 15.2. The van der Waals surface area contributed by atoms with E-state index in [1.54, 1.807) is 11.0 Å². The molecule has 202 valence electrons. The molecule has 0 N–H and O–H groups in total. The highest BCUT2D eigenvalue weighted by Crippen LogP contribution is 2.38. The van der Waals surface area contributed by atoms with Gasteiger partial charge in [0.1, 0.15) is 18.2 Å². The number of carbonyl (C=O) groups is 1. The lowest BCUT2D eigenvalue weighted by molar-refractivity contribution is -0.122. The first-order valence-corrected chi connectivity index (χ1v) is 14.2. The molecule has 5 aromatic rings. The maximum Gasteiger partial charge on any atom is 0.267 e. The number of rotatable bonds is 8. The fourth-order valence-corrected chi connectivity index (χ4v) is 5.70. The van der Waals surface area contributed by atoms with Crippen LogP contribution in [-0.2, 0) is 24.5 Å². The Morgan fingerprint density at radius 3 is 2.27 bits per heavy atom. The SMILES string of the molecule is O=C1/C(=C\c2c(OCc3cccc(F)c3)ccc3ccccc23)SC(=NCc2ccccc2)N1Cc1ccccc1. The summed E-state index contributed by atoms with van der Waals surface area (Å²) in [7, 11) is 0. The van der Waals surface area contributed by atoms with Crippen molar-refractivity contribution in [1.29, 1.82) is 0 Å². The Labute approximate surface area is 242 Å². The highest BCUT2D eigenvalue weighted by molar-refractivity contribution is 8.18. The van der Waals surface area contributed by atoms with Crippen molar-refractivity contribution in [2.24, 2.45) is 4.99 Å². The minimum absolute atomic E-state index is 0.102. The van der Waals surface area contributed by atoms with E-state index in [9.17, 15) is 9.18 Å². The first-order chi connectivity index (χ1) is 20.1. The molecule has 1 aliphatic heterocycles. The number of nitrogens with zero attached hydrogens (tertiary/aromatic N) is 2. The number of halogens is 1. The number of thioether (sulfide) groups is 1. The van der Waals surface area contributed by atoms with Crippen molar-refractivity contribution < 1.29 is 13.9 Å². The number of hydrogen-bond donors (Lipinski definition) is 0. The Morgan fingerprint density at radius 2 is 1.49 bits per heavy atom. The van der Waals surface area contributed by atoms with Crippen LogP contribution in [0.1, 0.15) is 22.3 Å². The molecule has 1 aliphatic rings. The molecule has 0 aliphatic carbocycles. The molecule has 1 heterocycles. The number of fused-ring (bicyclic) bond motifs is 1. The van der Waals surface area contributed by atoms with Gasteiger partial charge in [0.15, 0.2) is 5.17 Å². The molecule has 0 unspecified atom stereocenters. The molecule has 1 amide bonds. The third-order valence-corrected chi connectivity index (χ3v) is 7.85. The monoisotopic (exact) mass is 558 g/mol. The van der Waals surface area contributed by atoms with Crippen LogP contribution in [0.4, 0.5) is 4.39 Å². The van der Waals surface area contributed by atoms with Crippen LogP contribution in [0, 0.1) is 5.82 Å². The van der Waals surface area contributed by atoms with Gasteiger partial charge in [0.2, 0.25) is 0 Å². The Morgan fingerprint density at radius 1 is 0.780 bits per heavy atom. The van der Waals surface area contributed by atoms with E-state index in [1.807, 2.05) is 109 Å². The van der Waals surface area contributed by atoms with Crippen LogP contribution in [0.2, 0.25) is 0 Å². The van der Waals surface area contributed by atoms with Gasteiger partial charge in [-0.3, -0.25) is 14.7 Å². The Balaban J connectivity index is 1.37. The van der Waals surface area contributed by atoms with Crippen LogP contribution in [0.15, 0.2) is 131 Å². The van der Waals surface area contributed by atoms with Gasteiger partial charge in [0.25, 0.3) is 5.91 Å². The van der Waals surface area contributed by atoms with Crippen molar-refractivity contribution in [1.82, 2.24) is 4.90 Å². The lowest BCUT2D eigenvalue weighted by Gasteiger charge is -2.16. The highest BCUT2D eigenvalue weighted by Gasteiger charge is 2.33. The van der Waals surface area contributed by atoms with Gasteiger partial charge < -0.3 is 4.74 Å². The molecule has 0 spiro atoms. The van der Waals surface area contributed by atoms with Gasteiger partial charge in [0.05, 0.1) is 18.0 Å². The summed E-state index contributed by atoms with van der Waals surface area (Å²) in [5, 5.41) is 2.66. The number of ether oxygens (including phenoxy) is 1. The molecule has 0 saturated carbocycles. The summed E-state index contributed by atoms with van der Waals surface area (Å²) in [4.78, 5) is 21.0. The summed E-state index contributed by atoms with van der Waals surface area (Å²) in [5.74, 6) is 0.216. The molecule has 5 aromatic carbocycles. The van der Waals surface area contributed by atoms with Crippen LogP contribution in [0.3, 0.4) is 0 Å². The number of aliphatic imine (C=N–C) groups is 1. The molecule has 1 fully saturated rings. The summed E-state index contributed by atoms with van der Waals surface area (Å²) < 4.78 is 20.0. The lowest BCUT2D eigenvalue weighted by atomic mass is 10.0. The van der Waals surface area contributed by atoms with Crippen LogP contribution < -0.4 is 4.74 Å². The van der Waals surface area contributed by atoms with Gasteiger partial charge in [-0.1, -0.05) is 103 Å². The van der Waals surface area contributed by atoms with Crippen molar-refractivity contribution in [3.05, 3.63) is 154 Å². The van der Waals surface area contributed by atoms with Gasteiger partial charge in [-0.2, -0.15) is 0 Å². The Kier molecular flexibility index (Phi) is 7.92. The van der Waals surface area contributed by atoms with E-state index in [2.05, 4.69) is 0 Å². The second-order valence-corrected chi connectivity index (χ2v) is 10.7. The minimum atomic E-state index is -0.305. The molecular weight excluding hydrogens is 531 g/mol. The smallest absolute Gasteiger partial charge is 0.267 e. The van der Waals surface area contributed by atoms with Gasteiger partial charge in [-0.25, -0.2) is 4.39 Å². The molecule has 1 saturated heterocycles. The molecule has 0 aromatic heterocycles. The first kappa shape index (κ1) is 26.5. The van der Waals surface area contributed by atoms with E-state index in [0.29, 0.717) is 28.9 Å². The summed E-state index contributed by atoms with van der Waals surface area (Å²) >= 11 is 1.38. The second kappa shape index (κ2) is 12.2. The van der Waals surface area contributed by atoms with Crippen molar-refractivity contribution in [3.63, 3.8) is 0 Å².